The van der Waals surface area contributed by atoms with Crippen molar-refractivity contribution in [2.45, 2.75) is 271 Å². The highest BCUT2D eigenvalue weighted by molar-refractivity contribution is 5.71. The average molecular weight is 881 g/mol. The minimum absolute atomic E-state index is 0.103. The van der Waals surface area contributed by atoms with Gasteiger partial charge in [-0.1, -0.05) is 204 Å². The summed E-state index contributed by atoms with van der Waals surface area (Å²) in [4.78, 5) is 38.0. The predicted molar refractivity (Wildman–Crippen MR) is 270 cm³/mol. The van der Waals surface area contributed by atoms with Crippen LogP contribution in [0.5, 0.6) is 0 Å². The molecule has 364 valence electrons. The normalized spacial score (nSPS) is 12.5. The first-order valence-electron chi connectivity index (χ1n) is 26.8. The Bertz CT molecular complexity index is 1150. The highest BCUT2D eigenvalue weighted by Crippen LogP contribution is 2.13. The highest BCUT2D eigenvalue weighted by atomic mass is 16.6. The molecule has 1 atom stereocenters. The number of ether oxygens (including phenoxy) is 3. The van der Waals surface area contributed by atoms with Crippen molar-refractivity contribution in [3.63, 3.8) is 0 Å². The molecule has 1 unspecified atom stereocenters. The van der Waals surface area contributed by atoms with Gasteiger partial charge >= 0.3 is 17.9 Å². The summed E-state index contributed by atoms with van der Waals surface area (Å²) in [6, 6.07) is 0. The number of carbonyl (C=O) groups excluding carboxylic acids is 3. The first kappa shape index (κ1) is 60.1. The molecule has 0 aromatic rings. The molecule has 6 heteroatoms. The van der Waals surface area contributed by atoms with Gasteiger partial charge in [0.05, 0.1) is 0 Å². The van der Waals surface area contributed by atoms with Crippen LogP contribution in [0.1, 0.15) is 265 Å². The lowest BCUT2D eigenvalue weighted by molar-refractivity contribution is -0.167. The Morgan fingerprint density at radius 2 is 0.587 bits per heavy atom. The molecule has 0 bridgehead atoms. The van der Waals surface area contributed by atoms with Gasteiger partial charge in [0.2, 0.25) is 0 Å². The fourth-order valence-corrected chi connectivity index (χ4v) is 7.39. The maximum atomic E-state index is 12.8. The number of rotatable bonds is 48. The van der Waals surface area contributed by atoms with E-state index >= 15 is 0 Å². The maximum absolute atomic E-state index is 12.8. The fraction of sp³-hybridized carbons (Fsp3) is 0.772. The molecule has 0 aromatic carbocycles. The van der Waals surface area contributed by atoms with Gasteiger partial charge in [-0.2, -0.15) is 0 Å². The van der Waals surface area contributed by atoms with Crippen molar-refractivity contribution >= 4 is 17.9 Å². The van der Waals surface area contributed by atoms with Gasteiger partial charge in [0.1, 0.15) is 13.2 Å². The Labute approximate surface area is 390 Å². The second-order valence-corrected chi connectivity index (χ2v) is 17.8. The summed E-state index contributed by atoms with van der Waals surface area (Å²) in [5.41, 5.74) is 0. The van der Waals surface area contributed by atoms with E-state index in [2.05, 4.69) is 81.5 Å². The number of carbonyl (C=O) groups is 3. The van der Waals surface area contributed by atoms with Crippen LogP contribution in [0.4, 0.5) is 0 Å². The molecule has 0 aliphatic heterocycles. The van der Waals surface area contributed by atoms with Gasteiger partial charge in [-0.25, -0.2) is 0 Å². The second kappa shape index (κ2) is 51.7. The predicted octanol–water partition coefficient (Wildman–Crippen LogP) is 17.6. The number of hydrogen-bond acceptors (Lipinski definition) is 6. The zero-order chi connectivity index (χ0) is 45.8. The van der Waals surface area contributed by atoms with E-state index in [9.17, 15) is 14.4 Å². The summed E-state index contributed by atoms with van der Waals surface area (Å²) in [6.07, 6.45) is 63.6. The van der Waals surface area contributed by atoms with Crippen molar-refractivity contribution in [3.8, 4) is 0 Å². The van der Waals surface area contributed by atoms with Crippen LogP contribution in [-0.2, 0) is 28.6 Å². The van der Waals surface area contributed by atoms with Crippen molar-refractivity contribution in [2.75, 3.05) is 13.2 Å². The van der Waals surface area contributed by atoms with E-state index in [-0.39, 0.29) is 37.5 Å². The summed E-state index contributed by atoms with van der Waals surface area (Å²) in [5, 5.41) is 0. The van der Waals surface area contributed by atoms with Crippen LogP contribution in [0, 0.1) is 0 Å². The average Bonchev–Trinajstić information content (AvgIpc) is 3.28. The Morgan fingerprint density at radius 1 is 0.317 bits per heavy atom. The van der Waals surface area contributed by atoms with Crippen LogP contribution in [-0.4, -0.2) is 37.2 Å². The third-order valence-electron chi connectivity index (χ3n) is 11.5. The van der Waals surface area contributed by atoms with Gasteiger partial charge in [-0.05, 0) is 103 Å². The first-order valence-corrected chi connectivity index (χ1v) is 26.8. The van der Waals surface area contributed by atoms with E-state index in [4.69, 9.17) is 14.2 Å². The lowest BCUT2D eigenvalue weighted by Gasteiger charge is -2.18. The summed E-state index contributed by atoms with van der Waals surface area (Å²) >= 11 is 0. The number of unbranched alkanes of at least 4 members (excludes halogenated alkanes) is 27. The van der Waals surface area contributed by atoms with E-state index in [1.165, 1.54) is 135 Å². The summed E-state index contributed by atoms with van der Waals surface area (Å²) in [5.74, 6) is -0.983. The molecule has 6 nitrogen and oxygen atoms in total. The molecule has 0 aliphatic carbocycles. The molecule has 0 spiro atoms. The Kier molecular flexibility index (Phi) is 49.4. The van der Waals surface area contributed by atoms with Crippen molar-refractivity contribution < 1.29 is 28.6 Å². The van der Waals surface area contributed by atoms with Crippen LogP contribution in [0.3, 0.4) is 0 Å². The topological polar surface area (TPSA) is 78.9 Å². The molecule has 0 saturated heterocycles. The van der Waals surface area contributed by atoms with Crippen molar-refractivity contribution in [1.29, 1.82) is 0 Å². The van der Waals surface area contributed by atoms with Gasteiger partial charge < -0.3 is 14.2 Å². The quantitative estimate of drug-likeness (QED) is 0.0262. The molecule has 0 radical (unpaired) electrons. The lowest BCUT2D eigenvalue weighted by atomic mass is 10.1. The molecule has 0 fully saturated rings. The molecule has 0 N–H and O–H groups in total. The van der Waals surface area contributed by atoms with Gasteiger partial charge in [-0.15, -0.1) is 0 Å². The molecular weight excluding hydrogens is 781 g/mol. The first-order chi connectivity index (χ1) is 31.0. The molecule has 0 heterocycles. The summed E-state index contributed by atoms with van der Waals surface area (Å²) in [7, 11) is 0. The maximum Gasteiger partial charge on any atom is 0.306 e. The standard InChI is InChI=1S/C57H100O6/c1-4-7-10-13-16-19-22-25-28-29-30-33-35-38-41-44-47-50-56(59)62-53-54(63-57(60)51-48-45-42-39-36-32-27-24-21-18-15-12-9-6-3)52-61-55(58)49-46-43-40-37-34-31-26-23-20-17-14-11-8-5-2/h25,28,30-34,36,38,41,54H,4-24,26-27,29,35,37,39-40,42-53H2,1-3H3/b28-25-,33-30-,34-31-,36-32-,41-38-. The lowest BCUT2D eigenvalue weighted by Crippen LogP contribution is -2.30. The molecule has 0 aliphatic rings. The van der Waals surface area contributed by atoms with Crippen molar-refractivity contribution in [3.05, 3.63) is 60.8 Å². The molecule has 0 amide bonds. The zero-order valence-corrected chi connectivity index (χ0v) is 41.6. The molecule has 63 heavy (non-hydrogen) atoms. The van der Waals surface area contributed by atoms with Gasteiger partial charge in [0.25, 0.3) is 0 Å². The van der Waals surface area contributed by atoms with Crippen LogP contribution >= 0.6 is 0 Å². The van der Waals surface area contributed by atoms with E-state index in [0.717, 1.165) is 83.5 Å². The Morgan fingerprint density at radius 3 is 0.968 bits per heavy atom. The van der Waals surface area contributed by atoms with Crippen LogP contribution in [0.2, 0.25) is 0 Å². The minimum Gasteiger partial charge on any atom is -0.462 e. The smallest absolute Gasteiger partial charge is 0.306 e. The number of esters is 3. The largest absolute Gasteiger partial charge is 0.462 e. The molecule has 0 saturated carbocycles. The van der Waals surface area contributed by atoms with Crippen LogP contribution in [0.15, 0.2) is 60.8 Å². The zero-order valence-electron chi connectivity index (χ0n) is 41.6. The van der Waals surface area contributed by atoms with Gasteiger partial charge in [0.15, 0.2) is 6.10 Å². The Balaban J connectivity index is 4.48. The molecule has 0 rings (SSSR count). The SMILES string of the molecule is CCCCCCCC/C=C\C/C=C\C/C=C\CCCC(=O)OCC(COC(=O)CCCCC/C=C\CCCCCCCCC)OC(=O)CCCCC/C=C\CCCCCCCCC. The highest BCUT2D eigenvalue weighted by Gasteiger charge is 2.19. The second-order valence-electron chi connectivity index (χ2n) is 17.8. The van der Waals surface area contributed by atoms with Gasteiger partial charge in [-0.3, -0.25) is 14.4 Å². The number of allylic oxidation sites excluding steroid dienone is 10. The third kappa shape index (κ3) is 50.0. The summed E-state index contributed by atoms with van der Waals surface area (Å²) < 4.78 is 16.7. The van der Waals surface area contributed by atoms with Crippen molar-refractivity contribution in [2.24, 2.45) is 0 Å². The number of hydrogen-bond donors (Lipinski definition) is 0. The summed E-state index contributed by atoms with van der Waals surface area (Å²) in [6.45, 7) is 6.56. The Hall–Kier alpha value is -2.89. The molecule has 0 aromatic heterocycles. The minimum atomic E-state index is -0.807. The van der Waals surface area contributed by atoms with Gasteiger partial charge in [0, 0.05) is 19.3 Å². The van der Waals surface area contributed by atoms with Crippen LogP contribution < -0.4 is 0 Å². The third-order valence-corrected chi connectivity index (χ3v) is 11.5. The fourth-order valence-electron chi connectivity index (χ4n) is 7.39. The van der Waals surface area contributed by atoms with E-state index in [1.54, 1.807) is 0 Å². The van der Waals surface area contributed by atoms with E-state index in [0.29, 0.717) is 19.3 Å². The monoisotopic (exact) mass is 881 g/mol. The molecular formula is C57H100O6. The van der Waals surface area contributed by atoms with E-state index < -0.39 is 6.10 Å². The van der Waals surface area contributed by atoms with Crippen molar-refractivity contribution in [1.82, 2.24) is 0 Å². The van der Waals surface area contributed by atoms with Crippen LogP contribution in [0.25, 0.3) is 0 Å². The van der Waals surface area contributed by atoms with E-state index in [1.807, 2.05) is 0 Å².